The first-order valence-electron chi connectivity index (χ1n) is 8.56. The first kappa shape index (κ1) is 17.0. The highest BCUT2D eigenvalue weighted by molar-refractivity contribution is 9.08. The highest BCUT2D eigenvalue weighted by atomic mass is 79.9. The molecule has 2 aliphatic heterocycles. The van der Waals surface area contributed by atoms with Gasteiger partial charge >= 0.3 is 5.97 Å². The van der Waals surface area contributed by atoms with E-state index in [2.05, 4.69) is 27.9 Å². The molecule has 2 bridgehead atoms. The number of fused-ring (bicyclic) bond motifs is 2. The molecule has 2 heterocycles. The van der Waals surface area contributed by atoms with Crippen molar-refractivity contribution in [3.05, 3.63) is 35.9 Å². The first-order valence-corrected chi connectivity index (χ1v) is 10.1. The fourth-order valence-corrected chi connectivity index (χ4v) is 4.62. The average molecular weight is 380 g/mol. The SMILES string of the molecule is CBr.CN1C2CCC1(C1CC1)CC(OC(=O)c1ccccc1)C2. The molecular weight excluding hydrogens is 354 g/mol. The third kappa shape index (κ3) is 3.20. The summed E-state index contributed by atoms with van der Waals surface area (Å²) in [5.74, 6) is 2.49. The number of hydrogen-bond donors (Lipinski definition) is 0. The van der Waals surface area contributed by atoms with E-state index in [-0.39, 0.29) is 12.1 Å². The van der Waals surface area contributed by atoms with E-state index in [9.17, 15) is 4.79 Å². The molecule has 1 aliphatic carbocycles. The van der Waals surface area contributed by atoms with Crippen LogP contribution in [-0.2, 0) is 4.74 Å². The molecule has 4 heteroatoms. The molecule has 0 N–H and O–H groups in total. The van der Waals surface area contributed by atoms with Gasteiger partial charge in [0.2, 0.25) is 0 Å². The third-order valence-corrected chi connectivity index (χ3v) is 5.90. The summed E-state index contributed by atoms with van der Waals surface area (Å²) in [6.07, 6.45) is 7.41. The Kier molecular flexibility index (Phi) is 5.12. The predicted octanol–water partition coefficient (Wildman–Crippen LogP) is 4.26. The van der Waals surface area contributed by atoms with E-state index >= 15 is 0 Å². The zero-order valence-electron chi connectivity index (χ0n) is 14.0. The molecule has 0 radical (unpaired) electrons. The number of benzene rings is 1. The van der Waals surface area contributed by atoms with Crippen molar-refractivity contribution < 1.29 is 9.53 Å². The summed E-state index contributed by atoms with van der Waals surface area (Å²) in [4.78, 5) is 14.9. The smallest absolute Gasteiger partial charge is 0.338 e. The van der Waals surface area contributed by atoms with Crippen molar-refractivity contribution in [2.45, 2.75) is 56.2 Å². The van der Waals surface area contributed by atoms with E-state index in [4.69, 9.17) is 4.74 Å². The fourth-order valence-electron chi connectivity index (χ4n) is 4.62. The van der Waals surface area contributed by atoms with Crippen LogP contribution in [0, 0.1) is 5.92 Å². The van der Waals surface area contributed by atoms with Crippen molar-refractivity contribution in [3.8, 4) is 0 Å². The molecule has 3 atom stereocenters. The van der Waals surface area contributed by atoms with Crippen LogP contribution in [0.5, 0.6) is 0 Å². The quantitative estimate of drug-likeness (QED) is 0.580. The second-order valence-corrected chi connectivity index (χ2v) is 7.01. The molecule has 3 aliphatic rings. The second kappa shape index (κ2) is 6.94. The van der Waals surface area contributed by atoms with Crippen molar-refractivity contribution in [2.75, 3.05) is 12.9 Å². The lowest BCUT2D eigenvalue weighted by Crippen LogP contribution is -2.54. The minimum Gasteiger partial charge on any atom is -0.459 e. The van der Waals surface area contributed by atoms with Crippen molar-refractivity contribution in [3.63, 3.8) is 0 Å². The van der Waals surface area contributed by atoms with Gasteiger partial charge < -0.3 is 4.74 Å². The van der Waals surface area contributed by atoms with Crippen molar-refractivity contribution in [1.82, 2.24) is 4.90 Å². The molecular formula is C19H26BrNO2. The zero-order chi connectivity index (χ0) is 16.4. The summed E-state index contributed by atoms with van der Waals surface area (Å²) in [5.41, 5.74) is 0.995. The number of halogens is 1. The van der Waals surface area contributed by atoms with Gasteiger partial charge in [0.15, 0.2) is 0 Å². The Morgan fingerprint density at radius 2 is 1.91 bits per heavy atom. The molecule has 3 nitrogen and oxygen atoms in total. The summed E-state index contributed by atoms with van der Waals surface area (Å²) >= 11 is 2.94. The van der Waals surface area contributed by atoms with E-state index < -0.39 is 0 Å². The fraction of sp³-hybridized carbons (Fsp3) is 0.632. The van der Waals surface area contributed by atoms with Crippen LogP contribution in [0.1, 0.15) is 48.9 Å². The molecule has 1 aromatic carbocycles. The van der Waals surface area contributed by atoms with Crippen molar-refractivity contribution in [1.29, 1.82) is 0 Å². The average Bonchev–Trinajstić information content (AvgIpc) is 3.41. The van der Waals surface area contributed by atoms with Crippen LogP contribution in [-0.4, -0.2) is 41.4 Å². The Labute approximate surface area is 147 Å². The Bertz CT molecular complexity index is 546. The molecule has 23 heavy (non-hydrogen) atoms. The summed E-state index contributed by atoms with van der Waals surface area (Å²) in [6, 6.07) is 9.98. The van der Waals surface area contributed by atoms with Crippen molar-refractivity contribution in [2.24, 2.45) is 5.92 Å². The number of rotatable bonds is 3. The van der Waals surface area contributed by atoms with Crippen LogP contribution in [0.25, 0.3) is 0 Å². The molecule has 0 amide bonds. The van der Waals surface area contributed by atoms with E-state index in [0.717, 1.165) is 18.8 Å². The van der Waals surface area contributed by atoms with Crippen LogP contribution in [0.4, 0.5) is 0 Å². The molecule has 126 valence electrons. The van der Waals surface area contributed by atoms with Gasteiger partial charge in [-0.15, -0.1) is 0 Å². The lowest BCUT2D eigenvalue weighted by atomic mass is 9.82. The molecule has 1 saturated carbocycles. The number of ether oxygens (including phenoxy) is 1. The third-order valence-electron chi connectivity index (χ3n) is 5.90. The Morgan fingerprint density at radius 3 is 2.57 bits per heavy atom. The lowest BCUT2D eigenvalue weighted by molar-refractivity contribution is -0.0351. The zero-order valence-corrected chi connectivity index (χ0v) is 15.6. The van der Waals surface area contributed by atoms with Gasteiger partial charge in [0.1, 0.15) is 6.10 Å². The maximum atomic E-state index is 12.3. The van der Waals surface area contributed by atoms with E-state index in [1.54, 1.807) is 0 Å². The normalized spacial score (nSPS) is 32.8. The Balaban J connectivity index is 0.000000753. The number of alkyl halides is 1. The highest BCUT2D eigenvalue weighted by Gasteiger charge is 2.57. The topological polar surface area (TPSA) is 29.5 Å². The predicted molar refractivity (Wildman–Crippen MR) is 96.0 cm³/mol. The van der Waals surface area contributed by atoms with Crippen LogP contribution in [0.2, 0.25) is 0 Å². The van der Waals surface area contributed by atoms with E-state index in [1.165, 1.54) is 25.7 Å². The van der Waals surface area contributed by atoms with Gasteiger partial charge in [0, 0.05) is 24.4 Å². The lowest BCUT2D eigenvalue weighted by Gasteiger charge is -2.46. The van der Waals surface area contributed by atoms with Gasteiger partial charge in [-0.3, -0.25) is 4.90 Å². The monoisotopic (exact) mass is 379 g/mol. The van der Waals surface area contributed by atoms with Crippen LogP contribution in [0.3, 0.4) is 0 Å². The van der Waals surface area contributed by atoms with Crippen molar-refractivity contribution >= 4 is 21.9 Å². The molecule has 3 unspecified atom stereocenters. The molecule has 1 aromatic rings. The Morgan fingerprint density at radius 1 is 1.22 bits per heavy atom. The summed E-state index contributed by atoms with van der Waals surface area (Å²) in [5, 5.41) is 0. The minimum atomic E-state index is -0.157. The highest BCUT2D eigenvalue weighted by Crippen LogP contribution is 2.55. The summed E-state index contributed by atoms with van der Waals surface area (Å²) < 4.78 is 5.84. The molecule has 2 saturated heterocycles. The van der Waals surface area contributed by atoms with Crippen LogP contribution < -0.4 is 0 Å². The van der Waals surface area contributed by atoms with Gasteiger partial charge in [-0.25, -0.2) is 4.79 Å². The number of hydrogen-bond acceptors (Lipinski definition) is 3. The van der Waals surface area contributed by atoms with Crippen LogP contribution >= 0.6 is 15.9 Å². The van der Waals surface area contributed by atoms with Crippen LogP contribution in [0.15, 0.2) is 30.3 Å². The maximum absolute atomic E-state index is 12.3. The van der Waals surface area contributed by atoms with Gasteiger partial charge in [0.05, 0.1) is 5.56 Å². The number of nitrogens with zero attached hydrogens (tertiary/aromatic N) is 1. The summed E-state index contributed by atoms with van der Waals surface area (Å²) in [6.45, 7) is 0. The largest absolute Gasteiger partial charge is 0.459 e. The van der Waals surface area contributed by atoms with E-state index in [1.807, 2.05) is 36.2 Å². The maximum Gasteiger partial charge on any atom is 0.338 e. The number of piperidine rings is 1. The second-order valence-electron chi connectivity index (χ2n) is 7.01. The van der Waals surface area contributed by atoms with Gasteiger partial charge in [-0.2, -0.15) is 0 Å². The molecule has 0 aromatic heterocycles. The number of carbonyl (C=O) groups is 1. The van der Waals surface area contributed by atoms with Gasteiger partial charge in [0.25, 0.3) is 0 Å². The molecule has 3 fully saturated rings. The van der Waals surface area contributed by atoms with E-state index in [0.29, 0.717) is 17.1 Å². The minimum absolute atomic E-state index is 0.0991. The molecule has 4 rings (SSSR count). The van der Waals surface area contributed by atoms with Gasteiger partial charge in [-0.05, 0) is 56.6 Å². The number of esters is 1. The number of carbonyl (C=O) groups excluding carboxylic acids is 1. The standard InChI is InChI=1S/C18H23NO2.CH3Br/c1-19-15-9-10-18(19,14-7-8-14)12-16(11-15)21-17(20)13-5-3-2-4-6-13;1-2/h2-6,14-16H,7-12H2,1H3;1H3. The van der Waals surface area contributed by atoms with Gasteiger partial charge in [-0.1, -0.05) is 34.1 Å². The summed E-state index contributed by atoms with van der Waals surface area (Å²) in [7, 11) is 2.28. The molecule has 0 spiro atoms. The first-order chi connectivity index (χ1) is 11.2. The Hall–Kier alpha value is -0.870.